The largest absolute Gasteiger partial charge is 0.352 e. The van der Waals surface area contributed by atoms with E-state index in [-0.39, 0.29) is 11.8 Å². The van der Waals surface area contributed by atoms with Gasteiger partial charge in [-0.2, -0.15) is 0 Å². The highest BCUT2D eigenvalue weighted by Crippen LogP contribution is 2.23. The smallest absolute Gasteiger partial charge is 0.234 e. The fraction of sp³-hybridized carbons (Fsp3) is 0.900. The van der Waals surface area contributed by atoms with Crippen LogP contribution in [0.4, 0.5) is 0 Å². The van der Waals surface area contributed by atoms with Gasteiger partial charge in [0.1, 0.15) is 0 Å². The Labute approximate surface area is 158 Å². The van der Waals surface area contributed by atoms with Crippen molar-refractivity contribution in [2.45, 2.75) is 70.8 Å². The molecule has 1 aliphatic heterocycles. The van der Waals surface area contributed by atoms with Gasteiger partial charge in [0.25, 0.3) is 0 Å². The second-order valence-electron chi connectivity index (χ2n) is 8.15. The van der Waals surface area contributed by atoms with E-state index in [1.807, 2.05) is 4.90 Å². The van der Waals surface area contributed by atoms with Crippen molar-refractivity contribution in [1.29, 1.82) is 0 Å². The van der Waals surface area contributed by atoms with Crippen LogP contribution in [0.2, 0.25) is 0 Å². The number of rotatable bonds is 9. The van der Waals surface area contributed by atoms with Gasteiger partial charge in [-0.05, 0) is 38.1 Å². The van der Waals surface area contributed by atoms with Crippen LogP contribution in [-0.2, 0) is 9.59 Å². The number of nitrogens with one attached hydrogen (secondary N) is 1. The molecule has 1 saturated heterocycles. The average Bonchev–Trinajstić information content (AvgIpc) is 2.62. The van der Waals surface area contributed by atoms with Crippen LogP contribution in [-0.4, -0.2) is 66.9 Å². The molecule has 3 N–H and O–H groups in total. The third-order valence-electron chi connectivity index (χ3n) is 5.74. The lowest BCUT2D eigenvalue weighted by molar-refractivity contribution is -0.133. The quantitative estimate of drug-likeness (QED) is 0.609. The fourth-order valence-electron chi connectivity index (χ4n) is 4.13. The Bertz CT molecular complexity index is 436. The molecule has 1 heterocycles. The van der Waals surface area contributed by atoms with E-state index >= 15 is 0 Å². The van der Waals surface area contributed by atoms with Crippen molar-refractivity contribution < 1.29 is 9.59 Å². The lowest BCUT2D eigenvalue weighted by atomic mass is 9.87. The molecule has 6 heteroatoms. The summed E-state index contributed by atoms with van der Waals surface area (Å²) in [6, 6.07) is 0.355. The highest BCUT2D eigenvalue weighted by molar-refractivity contribution is 5.78. The summed E-state index contributed by atoms with van der Waals surface area (Å²) >= 11 is 0. The number of nitrogens with zero attached hydrogens (tertiary/aromatic N) is 2. The molecule has 0 aromatic carbocycles. The molecule has 0 aromatic heterocycles. The summed E-state index contributed by atoms with van der Waals surface area (Å²) in [6.07, 6.45) is 9.59. The van der Waals surface area contributed by atoms with Crippen molar-refractivity contribution in [1.82, 2.24) is 15.1 Å². The lowest BCUT2D eigenvalue weighted by Crippen LogP contribution is -2.52. The van der Waals surface area contributed by atoms with Crippen LogP contribution in [0.15, 0.2) is 0 Å². The van der Waals surface area contributed by atoms with Gasteiger partial charge in [-0.3, -0.25) is 14.5 Å². The molecule has 0 aromatic rings. The SMILES string of the molecule is CC1CCCC(NC(=O)CN2CCN(C(=O)CCCCCCN)CC2)C1. The van der Waals surface area contributed by atoms with Gasteiger partial charge >= 0.3 is 0 Å². The van der Waals surface area contributed by atoms with Crippen LogP contribution in [0.25, 0.3) is 0 Å². The van der Waals surface area contributed by atoms with Crippen LogP contribution in [0.5, 0.6) is 0 Å². The van der Waals surface area contributed by atoms with E-state index in [4.69, 9.17) is 5.73 Å². The number of amides is 2. The number of carbonyl (C=O) groups is 2. The summed E-state index contributed by atoms with van der Waals surface area (Å²) in [6.45, 7) is 6.56. The summed E-state index contributed by atoms with van der Waals surface area (Å²) in [5.41, 5.74) is 5.48. The number of piperazine rings is 1. The minimum atomic E-state index is 0.142. The zero-order valence-corrected chi connectivity index (χ0v) is 16.5. The van der Waals surface area contributed by atoms with Crippen molar-refractivity contribution in [3.8, 4) is 0 Å². The predicted octanol–water partition coefficient (Wildman–Crippen LogP) is 1.73. The molecule has 2 atom stereocenters. The van der Waals surface area contributed by atoms with Gasteiger partial charge in [0.2, 0.25) is 11.8 Å². The molecule has 2 aliphatic rings. The number of carbonyl (C=O) groups excluding carboxylic acids is 2. The van der Waals surface area contributed by atoms with Crippen molar-refractivity contribution >= 4 is 11.8 Å². The Morgan fingerprint density at radius 1 is 1.04 bits per heavy atom. The van der Waals surface area contributed by atoms with Gasteiger partial charge in [0.15, 0.2) is 0 Å². The topological polar surface area (TPSA) is 78.7 Å². The van der Waals surface area contributed by atoms with Crippen LogP contribution in [0, 0.1) is 5.92 Å². The zero-order chi connectivity index (χ0) is 18.8. The van der Waals surface area contributed by atoms with Crippen LogP contribution in [0.3, 0.4) is 0 Å². The highest BCUT2D eigenvalue weighted by Gasteiger charge is 2.24. The summed E-state index contributed by atoms with van der Waals surface area (Å²) in [5.74, 6) is 1.13. The van der Waals surface area contributed by atoms with E-state index in [0.717, 1.165) is 77.2 Å². The highest BCUT2D eigenvalue weighted by atomic mass is 16.2. The van der Waals surface area contributed by atoms with Crippen molar-refractivity contribution in [2.75, 3.05) is 39.3 Å². The van der Waals surface area contributed by atoms with Gasteiger partial charge in [-0.15, -0.1) is 0 Å². The Hall–Kier alpha value is -1.14. The first kappa shape index (κ1) is 21.2. The molecule has 2 fully saturated rings. The van der Waals surface area contributed by atoms with Gasteiger partial charge in [-0.25, -0.2) is 0 Å². The second-order valence-corrected chi connectivity index (χ2v) is 8.15. The standard InChI is InChI=1S/C20H38N4O2/c1-17-7-6-8-18(15-17)22-19(25)16-23-11-13-24(14-12-23)20(26)9-4-2-3-5-10-21/h17-18H,2-16,21H2,1H3,(H,22,25). The van der Waals surface area contributed by atoms with E-state index in [1.54, 1.807) is 0 Å². The zero-order valence-electron chi connectivity index (χ0n) is 16.5. The summed E-state index contributed by atoms with van der Waals surface area (Å²) in [7, 11) is 0. The lowest BCUT2D eigenvalue weighted by Gasteiger charge is -2.35. The molecular formula is C20H38N4O2. The third kappa shape index (κ3) is 7.62. The van der Waals surface area contributed by atoms with E-state index in [9.17, 15) is 9.59 Å². The molecule has 6 nitrogen and oxygen atoms in total. The summed E-state index contributed by atoms with van der Waals surface area (Å²) < 4.78 is 0. The average molecular weight is 367 g/mol. The predicted molar refractivity (Wildman–Crippen MR) is 105 cm³/mol. The molecule has 2 rings (SSSR count). The maximum Gasteiger partial charge on any atom is 0.234 e. The number of hydrogen-bond donors (Lipinski definition) is 2. The van der Waals surface area contributed by atoms with Crippen LogP contribution >= 0.6 is 0 Å². The monoisotopic (exact) mass is 366 g/mol. The van der Waals surface area contributed by atoms with Crippen LogP contribution in [0.1, 0.15) is 64.7 Å². The van der Waals surface area contributed by atoms with Gasteiger partial charge in [0.05, 0.1) is 6.54 Å². The molecule has 1 aliphatic carbocycles. The van der Waals surface area contributed by atoms with Gasteiger partial charge < -0.3 is 16.0 Å². The first-order valence-corrected chi connectivity index (χ1v) is 10.6. The summed E-state index contributed by atoms with van der Waals surface area (Å²) in [4.78, 5) is 28.7. The Morgan fingerprint density at radius 3 is 2.46 bits per heavy atom. The van der Waals surface area contributed by atoms with E-state index in [2.05, 4.69) is 17.1 Å². The molecule has 1 saturated carbocycles. The minimum absolute atomic E-state index is 0.142. The molecule has 2 amide bonds. The second kappa shape index (κ2) is 11.5. The maximum absolute atomic E-state index is 12.3. The maximum atomic E-state index is 12.3. The molecular weight excluding hydrogens is 328 g/mol. The van der Waals surface area contributed by atoms with E-state index < -0.39 is 0 Å². The van der Waals surface area contributed by atoms with E-state index in [0.29, 0.717) is 19.0 Å². The Kier molecular flexibility index (Phi) is 9.40. The van der Waals surface area contributed by atoms with Crippen molar-refractivity contribution in [3.05, 3.63) is 0 Å². The first-order chi connectivity index (χ1) is 12.6. The normalized spacial score (nSPS) is 24.5. The Morgan fingerprint density at radius 2 is 1.77 bits per heavy atom. The number of hydrogen-bond acceptors (Lipinski definition) is 4. The van der Waals surface area contributed by atoms with Crippen molar-refractivity contribution in [2.24, 2.45) is 11.7 Å². The van der Waals surface area contributed by atoms with Gasteiger partial charge in [0, 0.05) is 38.6 Å². The number of unbranched alkanes of at least 4 members (excludes halogenated alkanes) is 3. The minimum Gasteiger partial charge on any atom is -0.352 e. The molecule has 150 valence electrons. The van der Waals surface area contributed by atoms with E-state index in [1.165, 1.54) is 12.8 Å². The van der Waals surface area contributed by atoms with Crippen LogP contribution < -0.4 is 11.1 Å². The molecule has 2 unspecified atom stereocenters. The number of nitrogens with two attached hydrogens (primary N) is 1. The first-order valence-electron chi connectivity index (χ1n) is 10.6. The van der Waals surface area contributed by atoms with Crippen molar-refractivity contribution in [3.63, 3.8) is 0 Å². The molecule has 26 heavy (non-hydrogen) atoms. The third-order valence-corrected chi connectivity index (χ3v) is 5.74. The molecule has 0 bridgehead atoms. The molecule has 0 spiro atoms. The Balaban J connectivity index is 1.58. The summed E-state index contributed by atoms with van der Waals surface area (Å²) in [5, 5.41) is 3.21. The molecule has 0 radical (unpaired) electrons. The van der Waals surface area contributed by atoms with Gasteiger partial charge in [-0.1, -0.05) is 32.6 Å². The fourth-order valence-corrected chi connectivity index (χ4v) is 4.13.